The number of halogens is 3. The highest BCUT2D eigenvalue weighted by molar-refractivity contribution is 7.99. The highest BCUT2D eigenvalue weighted by Crippen LogP contribution is 2.19. The molecule has 0 saturated carbocycles. The van der Waals surface area contributed by atoms with Gasteiger partial charge in [0, 0.05) is 12.1 Å². The predicted molar refractivity (Wildman–Crippen MR) is 73.6 cm³/mol. The second-order valence-corrected chi connectivity index (χ2v) is 5.85. The van der Waals surface area contributed by atoms with E-state index >= 15 is 0 Å². The van der Waals surface area contributed by atoms with Gasteiger partial charge in [-0.3, -0.25) is 4.79 Å². The number of nitrogens with zero attached hydrogens (tertiary/aromatic N) is 1. The van der Waals surface area contributed by atoms with Crippen molar-refractivity contribution in [2.45, 2.75) is 25.1 Å². The van der Waals surface area contributed by atoms with Crippen LogP contribution in [0.3, 0.4) is 0 Å². The molecule has 0 aliphatic carbocycles. The average Bonchev–Trinajstić information content (AvgIpc) is 2.46. The van der Waals surface area contributed by atoms with E-state index in [9.17, 15) is 18.0 Å². The number of thioether (sulfide) groups is 1. The van der Waals surface area contributed by atoms with Crippen molar-refractivity contribution in [3.8, 4) is 5.88 Å². The van der Waals surface area contributed by atoms with Crippen molar-refractivity contribution in [2.75, 3.05) is 18.1 Å². The SMILES string of the molecule is O=C(NC1CCSCC1)c1cccc(OCC(F)(F)F)n1. The number of ether oxygens (including phenoxy) is 1. The van der Waals surface area contributed by atoms with Gasteiger partial charge in [-0.2, -0.15) is 24.9 Å². The summed E-state index contributed by atoms with van der Waals surface area (Å²) in [5.41, 5.74) is 0.0629. The van der Waals surface area contributed by atoms with E-state index in [1.165, 1.54) is 18.2 Å². The van der Waals surface area contributed by atoms with Crippen LogP contribution in [0.5, 0.6) is 5.88 Å². The summed E-state index contributed by atoms with van der Waals surface area (Å²) >= 11 is 1.84. The lowest BCUT2D eigenvalue weighted by Gasteiger charge is -2.22. The first-order valence-electron chi connectivity index (χ1n) is 6.49. The van der Waals surface area contributed by atoms with Crippen LogP contribution in [0.4, 0.5) is 13.2 Å². The van der Waals surface area contributed by atoms with Gasteiger partial charge in [-0.1, -0.05) is 6.07 Å². The molecule has 0 aromatic carbocycles. The summed E-state index contributed by atoms with van der Waals surface area (Å²) < 4.78 is 40.8. The van der Waals surface area contributed by atoms with Crippen LogP contribution in [0.1, 0.15) is 23.3 Å². The second kappa shape index (κ2) is 7.02. The smallest absolute Gasteiger partial charge is 0.422 e. The minimum atomic E-state index is -4.43. The van der Waals surface area contributed by atoms with E-state index in [1.54, 1.807) is 0 Å². The number of hydrogen-bond donors (Lipinski definition) is 1. The molecule has 1 fully saturated rings. The van der Waals surface area contributed by atoms with Crippen molar-refractivity contribution >= 4 is 17.7 Å². The van der Waals surface area contributed by atoms with E-state index < -0.39 is 12.8 Å². The van der Waals surface area contributed by atoms with E-state index in [0.29, 0.717) is 0 Å². The van der Waals surface area contributed by atoms with E-state index in [-0.39, 0.29) is 23.5 Å². The van der Waals surface area contributed by atoms with Crippen LogP contribution >= 0.6 is 11.8 Å². The lowest BCUT2D eigenvalue weighted by atomic mass is 10.1. The lowest BCUT2D eigenvalue weighted by molar-refractivity contribution is -0.154. The highest BCUT2D eigenvalue weighted by Gasteiger charge is 2.28. The van der Waals surface area contributed by atoms with Crippen LogP contribution < -0.4 is 10.1 Å². The maximum Gasteiger partial charge on any atom is 0.422 e. The summed E-state index contributed by atoms with van der Waals surface area (Å²) in [6.45, 7) is -1.43. The molecule has 1 aliphatic heterocycles. The first-order valence-corrected chi connectivity index (χ1v) is 7.65. The molecular formula is C13H15F3N2O2S. The Labute approximate surface area is 124 Å². The molecule has 4 nitrogen and oxygen atoms in total. The predicted octanol–water partition coefficient (Wildman–Crippen LogP) is 2.65. The van der Waals surface area contributed by atoms with Gasteiger partial charge in [0.15, 0.2) is 6.61 Å². The third-order valence-electron chi connectivity index (χ3n) is 2.90. The number of carbonyl (C=O) groups excluding carboxylic acids is 1. The molecule has 8 heteroatoms. The van der Waals surface area contributed by atoms with Gasteiger partial charge in [0.2, 0.25) is 5.88 Å². The Hall–Kier alpha value is -1.44. The molecule has 0 bridgehead atoms. The lowest BCUT2D eigenvalue weighted by Crippen LogP contribution is -2.37. The fraction of sp³-hybridized carbons (Fsp3) is 0.538. The number of nitrogens with one attached hydrogen (secondary N) is 1. The quantitative estimate of drug-likeness (QED) is 0.927. The maximum absolute atomic E-state index is 12.1. The summed E-state index contributed by atoms with van der Waals surface area (Å²) in [6, 6.07) is 4.29. The molecule has 2 heterocycles. The van der Waals surface area contributed by atoms with Gasteiger partial charge in [-0.25, -0.2) is 4.98 Å². The molecule has 1 N–H and O–H groups in total. The number of hydrogen-bond acceptors (Lipinski definition) is 4. The van der Waals surface area contributed by atoms with Gasteiger partial charge in [-0.15, -0.1) is 0 Å². The Bertz CT molecular complexity index is 491. The van der Waals surface area contributed by atoms with Crippen molar-refractivity contribution in [1.82, 2.24) is 10.3 Å². The normalized spacial score (nSPS) is 16.5. The molecule has 2 rings (SSSR count). The third-order valence-corrected chi connectivity index (χ3v) is 3.95. The summed E-state index contributed by atoms with van der Waals surface area (Å²) in [5.74, 6) is 1.39. The first-order chi connectivity index (χ1) is 9.94. The minimum absolute atomic E-state index is 0.0629. The van der Waals surface area contributed by atoms with E-state index in [2.05, 4.69) is 15.0 Å². The Kier molecular flexibility index (Phi) is 5.33. The summed E-state index contributed by atoms with van der Waals surface area (Å²) in [7, 11) is 0. The maximum atomic E-state index is 12.1. The third kappa shape index (κ3) is 5.45. The van der Waals surface area contributed by atoms with Crippen molar-refractivity contribution in [2.24, 2.45) is 0 Å². The van der Waals surface area contributed by atoms with Crippen LogP contribution in [0.2, 0.25) is 0 Å². The number of amides is 1. The fourth-order valence-electron chi connectivity index (χ4n) is 1.88. The van der Waals surface area contributed by atoms with E-state index in [0.717, 1.165) is 24.3 Å². The van der Waals surface area contributed by atoms with Gasteiger partial charge >= 0.3 is 6.18 Å². The molecular weight excluding hydrogens is 305 g/mol. The van der Waals surface area contributed by atoms with Crippen LogP contribution in [-0.2, 0) is 0 Å². The number of pyridine rings is 1. The summed E-state index contributed by atoms with van der Waals surface area (Å²) in [5, 5.41) is 2.84. The monoisotopic (exact) mass is 320 g/mol. The number of rotatable bonds is 4. The standard InChI is InChI=1S/C13H15F3N2O2S/c14-13(15,16)8-20-11-3-1-2-10(18-11)12(19)17-9-4-6-21-7-5-9/h1-3,9H,4-8H2,(H,17,19). The first kappa shape index (κ1) is 15.9. The fourth-order valence-corrected chi connectivity index (χ4v) is 2.99. The second-order valence-electron chi connectivity index (χ2n) is 4.63. The van der Waals surface area contributed by atoms with Crippen LogP contribution in [-0.4, -0.2) is 41.2 Å². The molecule has 21 heavy (non-hydrogen) atoms. The summed E-state index contributed by atoms with van der Waals surface area (Å²) in [4.78, 5) is 15.8. The van der Waals surface area contributed by atoms with Gasteiger partial charge in [0.25, 0.3) is 5.91 Å². The zero-order chi connectivity index (χ0) is 15.3. The Balaban J connectivity index is 1.94. The van der Waals surface area contributed by atoms with Crippen molar-refractivity contribution in [1.29, 1.82) is 0 Å². The average molecular weight is 320 g/mol. The van der Waals surface area contributed by atoms with Crippen molar-refractivity contribution in [3.05, 3.63) is 23.9 Å². The molecule has 0 atom stereocenters. The molecule has 1 saturated heterocycles. The zero-order valence-corrected chi connectivity index (χ0v) is 12.0. The molecule has 1 amide bonds. The largest absolute Gasteiger partial charge is 0.468 e. The number of carbonyl (C=O) groups is 1. The Morgan fingerprint density at radius 1 is 1.38 bits per heavy atom. The molecule has 0 radical (unpaired) electrons. The van der Waals surface area contributed by atoms with E-state index in [4.69, 9.17) is 0 Å². The van der Waals surface area contributed by atoms with Gasteiger partial charge < -0.3 is 10.1 Å². The van der Waals surface area contributed by atoms with Gasteiger partial charge in [0.1, 0.15) is 5.69 Å². The Morgan fingerprint density at radius 2 is 2.10 bits per heavy atom. The van der Waals surface area contributed by atoms with Crippen LogP contribution in [0.15, 0.2) is 18.2 Å². The molecule has 0 spiro atoms. The summed E-state index contributed by atoms with van der Waals surface area (Å²) in [6.07, 6.45) is -2.65. The van der Waals surface area contributed by atoms with Crippen molar-refractivity contribution < 1.29 is 22.7 Å². The molecule has 1 aliphatic rings. The van der Waals surface area contributed by atoms with E-state index in [1.807, 2.05) is 11.8 Å². The van der Waals surface area contributed by atoms with Crippen LogP contribution in [0.25, 0.3) is 0 Å². The van der Waals surface area contributed by atoms with Crippen molar-refractivity contribution in [3.63, 3.8) is 0 Å². The van der Waals surface area contributed by atoms with Crippen LogP contribution in [0, 0.1) is 0 Å². The minimum Gasteiger partial charge on any atom is -0.468 e. The topological polar surface area (TPSA) is 51.2 Å². The molecule has 1 aromatic rings. The van der Waals surface area contributed by atoms with Gasteiger partial charge in [0.05, 0.1) is 0 Å². The zero-order valence-electron chi connectivity index (χ0n) is 11.2. The molecule has 1 aromatic heterocycles. The number of alkyl halides is 3. The van der Waals surface area contributed by atoms with Gasteiger partial charge in [-0.05, 0) is 30.4 Å². The Morgan fingerprint density at radius 3 is 2.76 bits per heavy atom. The highest BCUT2D eigenvalue weighted by atomic mass is 32.2. The molecule has 116 valence electrons. The molecule has 0 unspecified atom stereocenters. The number of aromatic nitrogens is 1.